The molecular formula is C12H14BrClN4. The quantitative estimate of drug-likeness (QED) is 0.937. The Morgan fingerprint density at radius 1 is 1.44 bits per heavy atom. The van der Waals surface area contributed by atoms with Gasteiger partial charge in [-0.15, -0.1) is 5.10 Å². The molecule has 0 saturated carbocycles. The van der Waals surface area contributed by atoms with E-state index in [1.54, 1.807) is 4.68 Å². The van der Waals surface area contributed by atoms with Gasteiger partial charge < -0.3 is 5.32 Å². The molecule has 0 aliphatic heterocycles. The normalized spacial score (nSPS) is 11.2. The van der Waals surface area contributed by atoms with Crippen LogP contribution in [-0.4, -0.2) is 21.0 Å². The van der Waals surface area contributed by atoms with Gasteiger partial charge in [0.25, 0.3) is 0 Å². The second-order valence-corrected chi connectivity index (χ2v) is 5.58. The minimum absolute atomic E-state index is 0.428. The summed E-state index contributed by atoms with van der Waals surface area (Å²) in [5.41, 5.74) is 1.83. The molecule has 1 aromatic heterocycles. The monoisotopic (exact) mass is 328 g/mol. The van der Waals surface area contributed by atoms with Gasteiger partial charge in [0.1, 0.15) is 0 Å². The fourth-order valence-electron chi connectivity index (χ4n) is 1.47. The van der Waals surface area contributed by atoms with Crippen molar-refractivity contribution in [1.29, 1.82) is 0 Å². The van der Waals surface area contributed by atoms with Crippen molar-refractivity contribution in [2.45, 2.75) is 26.4 Å². The Kier molecular flexibility index (Phi) is 4.37. The van der Waals surface area contributed by atoms with Crippen molar-refractivity contribution in [2.75, 3.05) is 0 Å². The average Bonchev–Trinajstić information content (AvgIpc) is 2.75. The number of nitrogens with zero attached hydrogens (tertiary/aromatic N) is 3. The first kappa shape index (κ1) is 13.5. The van der Waals surface area contributed by atoms with Gasteiger partial charge >= 0.3 is 0 Å². The molecule has 1 aromatic carbocycles. The highest BCUT2D eigenvalue weighted by atomic mass is 79.9. The van der Waals surface area contributed by atoms with Crippen LogP contribution in [0, 0.1) is 0 Å². The molecule has 0 unspecified atom stereocenters. The lowest BCUT2D eigenvalue weighted by atomic mass is 10.3. The van der Waals surface area contributed by atoms with E-state index in [4.69, 9.17) is 11.6 Å². The molecule has 0 atom stereocenters. The molecule has 1 N–H and O–H groups in total. The third kappa shape index (κ3) is 3.31. The number of benzene rings is 1. The number of rotatable bonds is 4. The first-order valence-electron chi connectivity index (χ1n) is 5.66. The second-order valence-electron chi connectivity index (χ2n) is 4.29. The largest absolute Gasteiger partial charge is 0.309 e. The van der Waals surface area contributed by atoms with Crippen molar-refractivity contribution in [3.8, 4) is 5.69 Å². The van der Waals surface area contributed by atoms with E-state index in [1.807, 2.05) is 24.4 Å². The second kappa shape index (κ2) is 5.82. The summed E-state index contributed by atoms with van der Waals surface area (Å²) in [5.74, 6) is 0. The predicted octanol–water partition coefficient (Wildman–Crippen LogP) is 3.18. The van der Waals surface area contributed by atoms with E-state index in [0.717, 1.165) is 15.9 Å². The fourth-order valence-corrected chi connectivity index (χ4v) is 2.34. The first-order valence-corrected chi connectivity index (χ1v) is 6.83. The summed E-state index contributed by atoms with van der Waals surface area (Å²) in [6.45, 7) is 4.91. The molecule has 0 aliphatic carbocycles. The van der Waals surface area contributed by atoms with E-state index in [-0.39, 0.29) is 0 Å². The molecule has 18 heavy (non-hydrogen) atoms. The van der Waals surface area contributed by atoms with E-state index < -0.39 is 0 Å². The van der Waals surface area contributed by atoms with Crippen LogP contribution >= 0.6 is 27.5 Å². The lowest BCUT2D eigenvalue weighted by Gasteiger charge is -2.05. The minimum Gasteiger partial charge on any atom is -0.309 e. The zero-order valence-electron chi connectivity index (χ0n) is 10.2. The van der Waals surface area contributed by atoms with Crippen LogP contribution in [0.2, 0.25) is 5.02 Å². The molecule has 0 saturated heterocycles. The summed E-state index contributed by atoms with van der Waals surface area (Å²) in [4.78, 5) is 0. The number of halogens is 2. The third-order valence-electron chi connectivity index (χ3n) is 2.39. The molecule has 0 aliphatic rings. The number of hydrogen-bond acceptors (Lipinski definition) is 3. The van der Waals surface area contributed by atoms with Crippen molar-refractivity contribution >= 4 is 27.5 Å². The number of aromatic nitrogens is 3. The highest BCUT2D eigenvalue weighted by Crippen LogP contribution is 2.24. The average molecular weight is 330 g/mol. The summed E-state index contributed by atoms with van der Waals surface area (Å²) in [7, 11) is 0. The van der Waals surface area contributed by atoms with Gasteiger partial charge in [-0.1, -0.05) is 30.7 Å². The molecule has 0 spiro atoms. The van der Waals surface area contributed by atoms with Gasteiger partial charge in [0.05, 0.1) is 17.6 Å². The van der Waals surface area contributed by atoms with Crippen LogP contribution < -0.4 is 5.32 Å². The van der Waals surface area contributed by atoms with Gasteiger partial charge in [-0.3, -0.25) is 0 Å². The van der Waals surface area contributed by atoms with Gasteiger partial charge in [-0.05, 0) is 34.1 Å². The highest BCUT2D eigenvalue weighted by molar-refractivity contribution is 9.10. The summed E-state index contributed by atoms with van der Waals surface area (Å²) in [6.07, 6.45) is 1.91. The molecule has 0 radical (unpaired) electrons. The lowest BCUT2D eigenvalue weighted by Crippen LogP contribution is -2.21. The van der Waals surface area contributed by atoms with Gasteiger partial charge in [-0.2, -0.15) is 0 Å². The van der Waals surface area contributed by atoms with Crippen LogP contribution in [-0.2, 0) is 6.54 Å². The molecule has 6 heteroatoms. The van der Waals surface area contributed by atoms with Crippen molar-refractivity contribution < 1.29 is 0 Å². The molecule has 96 valence electrons. The van der Waals surface area contributed by atoms with Crippen molar-refractivity contribution in [3.05, 3.63) is 39.6 Å². The number of hydrogen-bond donors (Lipinski definition) is 1. The van der Waals surface area contributed by atoms with E-state index in [1.165, 1.54) is 0 Å². The van der Waals surface area contributed by atoms with Gasteiger partial charge in [0, 0.05) is 22.1 Å². The van der Waals surface area contributed by atoms with Crippen molar-refractivity contribution in [2.24, 2.45) is 0 Å². The lowest BCUT2D eigenvalue weighted by molar-refractivity contribution is 0.580. The molecular weight excluding hydrogens is 316 g/mol. The summed E-state index contributed by atoms with van der Waals surface area (Å²) in [5, 5.41) is 12.2. The Balaban J connectivity index is 2.18. The van der Waals surface area contributed by atoms with Crippen LogP contribution in [0.5, 0.6) is 0 Å². The Hall–Kier alpha value is -0.910. The van der Waals surface area contributed by atoms with Crippen molar-refractivity contribution in [1.82, 2.24) is 20.3 Å². The maximum Gasteiger partial charge on any atom is 0.0969 e. The molecule has 4 nitrogen and oxygen atoms in total. The Labute approximate surface area is 119 Å². The predicted molar refractivity (Wildman–Crippen MR) is 76.0 cm³/mol. The Morgan fingerprint density at radius 2 is 2.22 bits per heavy atom. The van der Waals surface area contributed by atoms with Crippen molar-refractivity contribution in [3.63, 3.8) is 0 Å². The Morgan fingerprint density at radius 3 is 2.89 bits per heavy atom. The number of nitrogens with one attached hydrogen (secondary N) is 1. The molecule has 0 fully saturated rings. The van der Waals surface area contributed by atoms with Crippen LogP contribution in [0.15, 0.2) is 28.9 Å². The molecule has 2 rings (SSSR count). The topological polar surface area (TPSA) is 42.7 Å². The molecule has 1 heterocycles. The van der Waals surface area contributed by atoms with Gasteiger partial charge in [0.2, 0.25) is 0 Å². The molecule has 0 amide bonds. The minimum atomic E-state index is 0.428. The maximum absolute atomic E-state index is 5.91. The Bertz CT molecular complexity index is 539. The zero-order chi connectivity index (χ0) is 13.1. The smallest absolute Gasteiger partial charge is 0.0969 e. The summed E-state index contributed by atoms with van der Waals surface area (Å²) in [6, 6.07) is 6.00. The standard InChI is InChI=1S/C12H14BrClN4/c1-8(2)15-6-10-7-18(17-16-10)12-4-3-9(14)5-11(12)13/h3-5,7-8,15H,6H2,1-2H3. The van der Waals surface area contributed by atoms with E-state index in [9.17, 15) is 0 Å². The molecule has 2 aromatic rings. The SMILES string of the molecule is CC(C)NCc1cn(-c2ccc(Cl)cc2Br)nn1. The first-order chi connectivity index (χ1) is 8.56. The van der Waals surface area contributed by atoms with E-state index in [2.05, 4.69) is 45.4 Å². The van der Waals surface area contributed by atoms with Crippen LogP contribution in [0.3, 0.4) is 0 Å². The van der Waals surface area contributed by atoms with Crippen LogP contribution in [0.25, 0.3) is 5.69 Å². The van der Waals surface area contributed by atoms with E-state index in [0.29, 0.717) is 17.6 Å². The van der Waals surface area contributed by atoms with Gasteiger partial charge in [0.15, 0.2) is 0 Å². The van der Waals surface area contributed by atoms with Crippen LogP contribution in [0.1, 0.15) is 19.5 Å². The highest BCUT2D eigenvalue weighted by Gasteiger charge is 2.07. The summed E-state index contributed by atoms with van der Waals surface area (Å²) >= 11 is 9.38. The fraction of sp³-hybridized carbons (Fsp3) is 0.333. The van der Waals surface area contributed by atoms with Crippen LogP contribution in [0.4, 0.5) is 0 Å². The third-order valence-corrected chi connectivity index (χ3v) is 3.26. The van der Waals surface area contributed by atoms with E-state index >= 15 is 0 Å². The summed E-state index contributed by atoms with van der Waals surface area (Å²) < 4.78 is 2.63. The zero-order valence-corrected chi connectivity index (χ0v) is 12.5. The molecule has 0 bridgehead atoms. The van der Waals surface area contributed by atoms with Gasteiger partial charge in [-0.25, -0.2) is 4.68 Å². The maximum atomic E-state index is 5.91.